The number of nitrogens with zero attached hydrogens (tertiary/aromatic N) is 1. The molecule has 8 nitrogen and oxygen atoms in total. The minimum atomic E-state index is -3.51. The second-order valence-corrected chi connectivity index (χ2v) is 8.02. The van der Waals surface area contributed by atoms with Gasteiger partial charge in [0.2, 0.25) is 10.0 Å². The number of nitrogens with one attached hydrogen (secondary N) is 2. The molecule has 1 fully saturated rings. The van der Waals surface area contributed by atoms with Crippen molar-refractivity contribution >= 4 is 21.7 Å². The molecule has 1 aliphatic heterocycles. The highest BCUT2D eigenvalue weighted by Crippen LogP contribution is 2.20. The van der Waals surface area contributed by atoms with Crippen molar-refractivity contribution in [3.8, 4) is 5.75 Å². The molecule has 3 rings (SSSR count). The molecule has 0 spiro atoms. The molecule has 28 heavy (non-hydrogen) atoms. The number of amides is 2. The molecule has 1 aliphatic rings. The van der Waals surface area contributed by atoms with Crippen molar-refractivity contribution in [1.29, 1.82) is 0 Å². The second kappa shape index (κ2) is 9.54. The molecular formula is C19H23N3O5S. The Morgan fingerprint density at radius 2 is 1.71 bits per heavy atom. The average molecular weight is 405 g/mol. The van der Waals surface area contributed by atoms with E-state index in [1.807, 2.05) is 18.2 Å². The standard InChI is InChI=1S/C19H23N3O5S/c23-19(21-16-4-2-1-3-5-16)20-10-13-27-17-6-8-18(9-7-17)28(24,25)22-11-14-26-15-12-22/h1-9H,10-15H2,(H2,20,21,23). The number of hydrogen-bond acceptors (Lipinski definition) is 5. The predicted molar refractivity (Wildman–Crippen MR) is 105 cm³/mol. The minimum Gasteiger partial charge on any atom is -0.492 e. The number of carbonyl (C=O) groups is 1. The van der Waals surface area contributed by atoms with Crippen LogP contribution in [0.25, 0.3) is 0 Å². The van der Waals surface area contributed by atoms with E-state index >= 15 is 0 Å². The number of rotatable bonds is 7. The van der Waals surface area contributed by atoms with Gasteiger partial charge in [0.1, 0.15) is 12.4 Å². The fourth-order valence-corrected chi connectivity index (χ4v) is 4.08. The number of benzene rings is 2. The summed E-state index contributed by atoms with van der Waals surface area (Å²) < 4.78 is 37.3. The van der Waals surface area contributed by atoms with Crippen LogP contribution in [0.1, 0.15) is 0 Å². The topological polar surface area (TPSA) is 97.0 Å². The molecule has 2 aromatic rings. The van der Waals surface area contributed by atoms with Gasteiger partial charge in [0.15, 0.2) is 0 Å². The van der Waals surface area contributed by atoms with Crippen LogP contribution in [0.2, 0.25) is 0 Å². The lowest BCUT2D eigenvalue weighted by atomic mass is 10.3. The molecule has 0 atom stereocenters. The third-order valence-corrected chi connectivity index (χ3v) is 6.03. The molecule has 0 saturated carbocycles. The number of morpholine rings is 1. The number of para-hydroxylation sites is 1. The van der Waals surface area contributed by atoms with Crippen LogP contribution >= 0.6 is 0 Å². The molecule has 9 heteroatoms. The van der Waals surface area contributed by atoms with Crippen LogP contribution in [0.5, 0.6) is 5.75 Å². The second-order valence-electron chi connectivity index (χ2n) is 6.08. The van der Waals surface area contributed by atoms with Crippen molar-refractivity contribution in [2.24, 2.45) is 0 Å². The first-order chi connectivity index (χ1) is 13.6. The smallest absolute Gasteiger partial charge is 0.319 e. The van der Waals surface area contributed by atoms with Gasteiger partial charge >= 0.3 is 6.03 Å². The summed E-state index contributed by atoms with van der Waals surface area (Å²) in [4.78, 5) is 12.0. The van der Waals surface area contributed by atoms with Gasteiger partial charge in [-0.25, -0.2) is 13.2 Å². The first-order valence-electron chi connectivity index (χ1n) is 8.96. The van der Waals surface area contributed by atoms with Crippen molar-refractivity contribution in [3.63, 3.8) is 0 Å². The first-order valence-corrected chi connectivity index (χ1v) is 10.4. The third-order valence-electron chi connectivity index (χ3n) is 4.12. The maximum absolute atomic E-state index is 12.6. The van der Waals surface area contributed by atoms with Crippen molar-refractivity contribution in [2.45, 2.75) is 4.90 Å². The fourth-order valence-electron chi connectivity index (χ4n) is 2.67. The summed E-state index contributed by atoms with van der Waals surface area (Å²) in [6.45, 7) is 2.11. The lowest BCUT2D eigenvalue weighted by Gasteiger charge is -2.26. The van der Waals surface area contributed by atoms with Crippen molar-refractivity contribution in [1.82, 2.24) is 9.62 Å². The fraction of sp³-hybridized carbons (Fsp3) is 0.316. The van der Waals surface area contributed by atoms with Gasteiger partial charge < -0.3 is 20.1 Å². The van der Waals surface area contributed by atoms with Crippen molar-refractivity contribution in [2.75, 3.05) is 44.8 Å². The van der Waals surface area contributed by atoms with Crippen LogP contribution in [0.4, 0.5) is 10.5 Å². The maximum Gasteiger partial charge on any atom is 0.319 e. The minimum absolute atomic E-state index is 0.224. The largest absolute Gasteiger partial charge is 0.492 e. The van der Waals surface area contributed by atoms with E-state index in [1.165, 1.54) is 16.4 Å². The molecule has 0 aromatic heterocycles. The molecule has 0 bridgehead atoms. The zero-order valence-corrected chi connectivity index (χ0v) is 16.2. The van der Waals surface area contributed by atoms with Crippen LogP contribution in [-0.2, 0) is 14.8 Å². The Kier molecular flexibility index (Phi) is 6.85. The summed E-state index contributed by atoms with van der Waals surface area (Å²) in [5, 5.41) is 5.40. The van der Waals surface area contributed by atoms with E-state index in [0.717, 1.165) is 0 Å². The van der Waals surface area contributed by atoms with E-state index in [-0.39, 0.29) is 17.5 Å². The highest BCUT2D eigenvalue weighted by Gasteiger charge is 2.26. The van der Waals surface area contributed by atoms with E-state index in [1.54, 1.807) is 24.3 Å². The molecule has 150 valence electrons. The van der Waals surface area contributed by atoms with Crippen molar-refractivity contribution in [3.05, 3.63) is 54.6 Å². The number of hydrogen-bond donors (Lipinski definition) is 2. The third kappa shape index (κ3) is 5.44. The highest BCUT2D eigenvalue weighted by molar-refractivity contribution is 7.89. The lowest BCUT2D eigenvalue weighted by molar-refractivity contribution is 0.0730. The maximum atomic E-state index is 12.6. The molecule has 2 amide bonds. The number of urea groups is 1. The summed E-state index contributed by atoms with van der Waals surface area (Å²) in [5.74, 6) is 0.534. The zero-order chi connectivity index (χ0) is 19.8. The van der Waals surface area contributed by atoms with Crippen LogP contribution in [0, 0.1) is 0 Å². The summed E-state index contributed by atoms with van der Waals surface area (Å²) in [6.07, 6.45) is 0. The lowest BCUT2D eigenvalue weighted by Crippen LogP contribution is -2.40. The number of anilines is 1. The summed E-state index contributed by atoms with van der Waals surface area (Å²) in [5.41, 5.74) is 0.706. The number of carbonyl (C=O) groups excluding carboxylic acids is 1. The summed E-state index contributed by atoms with van der Waals surface area (Å²) in [6, 6.07) is 15.1. The Bertz CT molecular complexity index is 866. The number of sulfonamides is 1. The average Bonchev–Trinajstić information content (AvgIpc) is 2.73. The van der Waals surface area contributed by atoms with Gasteiger partial charge in [0, 0.05) is 18.8 Å². The van der Waals surface area contributed by atoms with Gasteiger partial charge in [0.05, 0.1) is 24.7 Å². The first kappa shape index (κ1) is 20.1. The van der Waals surface area contributed by atoms with Crippen LogP contribution in [0.15, 0.2) is 59.5 Å². The summed E-state index contributed by atoms with van der Waals surface area (Å²) >= 11 is 0. The van der Waals surface area contributed by atoms with E-state index in [0.29, 0.717) is 44.3 Å². The Morgan fingerprint density at radius 1 is 1.04 bits per heavy atom. The van der Waals surface area contributed by atoms with E-state index in [9.17, 15) is 13.2 Å². The Labute approximate surface area is 164 Å². The van der Waals surface area contributed by atoms with Gasteiger partial charge in [-0.05, 0) is 36.4 Å². The zero-order valence-electron chi connectivity index (χ0n) is 15.3. The monoisotopic (exact) mass is 405 g/mol. The molecule has 0 aliphatic carbocycles. The van der Waals surface area contributed by atoms with Gasteiger partial charge in [-0.1, -0.05) is 18.2 Å². The van der Waals surface area contributed by atoms with Crippen LogP contribution < -0.4 is 15.4 Å². The van der Waals surface area contributed by atoms with Crippen LogP contribution in [0.3, 0.4) is 0 Å². The van der Waals surface area contributed by atoms with E-state index in [4.69, 9.17) is 9.47 Å². The Morgan fingerprint density at radius 3 is 2.39 bits per heavy atom. The van der Waals surface area contributed by atoms with Gasteiger partial charge in [-0.15, -0.1) is 0 Å². The number of ether oxygens (including phenoxy) is 2. The molecule has 1 heterocycles. The van der Waals surface area contributed by atoms with Crippen LogP contribution in [-0.4, -0.2) is 58.2 Å². The molecular weight excluding hydrogens is 382 g/mol. The van der Waals surface area contributed by atoms with E-state index < -0.39 is 10.0 Å². The van der Waals surface area contributed by atoms with Gasteiger partial charge in [-0.2, -0.15) is 4.31 Å². The van der Waals surface area contributed by atoms with Gasteiger partial charge in [-0.3, -0.25) is 0 Å². The molecule has 2 aromatic carbocycles. The Balaban J connectivity index is 1.43. The quantitative estimate of drug-likeness (QED) is 0.686. The molecule has 2 N–H and O–H groups in total. The van der Waals surface area contributed by atoms with E-state index in [2.05, 4.69) is 10.6 Å². The Hall–Kier alpha value is -2.62. The molecule has 1 saturated heterocycles. The summed E-state index contributed by atoms with van der Waals surface area (Å²) in [7, 11) is -3.51. The SMILES string of the molecule is O=C(NCCOc1ccc(S(=O)(=O)N2CCOCC2)cc1)Nc1ccccc1. The normalized spacial score (nSPS) is 15.0. The highest BCUT2D eigenvalue weighted by atomic mass is 32.2. The van der Waals surface area contributed by atoms with Gasteiger partial charge in [0.25, 0.3) is 0 Å². The molecule has 0 radical (unpaired) electrons. The molecule has 0 unspecified atom stereocenters. The predicted octanol–water partition coefficient (Wildman–Crippen LogP) is 1.91. The van der Waals surface area contributed by atoms with Crippen molar-refractivity contribution < 1.29 is 22.7 Å².